The molecule has 1 aromatic carbocycles. The van der Waals surface area contributed by atoms with Crippen LogP contribution in [0.15, 0.2) is 24.3 Å². The number of nitrogens with zero attached hydrogens (tertiary/aromatic N) is 4. The highest BCUT2D eigenvalue weighted by atomic mass is 35.5. The second-order valence-electron chi connectivity index (χ2n) is 5.18. The smallest absolute Gasteiger partial charge is 0.343 e. The van der Waals surface area contributed by atoms with Crippen LogP contribution < -0.4 is 21.8 Å². The van der Waals surface area contributed by atoms with Crippen molar-refractivity contribution in [1.82, 2.24) is 25.3 Å². The Labute approximate surface area is 147 Å². The molecular weight excluding hydrogens is 348 g/mol. The number of hydrogen-bond donors (Lipinski definition) is 4. The largest absolute Gasteiger partial charge is 0.350 e. The van der Waals surface area contributed by atoms with Gasteiger partial charge in [-0.2, -0.15) is 15.0 Å². The summed E-state index contributed by atoms with van der Waals surface area (Å²) < 4.78 is 0. The van der Waals surface area contributed by atoms with E-state index in [0.717, 1.165) is 16.1 Å². The molecule has 0 spiro atoms. The zero-order valence-electron chi connectivity index (χ0n) is 13.0. The minimum absolute atomic E-state index is 0.0471. The molecule has 1 aromatic heterocycles. The molecular formula is C14H15ClN8O2. The van der Waals surface area contributed by atoms with E-state index in [-0.39, 0.29) is 23.7 Å². The number of rotatable bonds is 6. The first kappa shape index (κ1) is 16.9. The Morgan fingerprint density at radius 1 is 1.12 bits per heavy atom. The maximum absolute atomic E-state index is 11.5. The number of halogens is 1. The van der Waals surface area contributed by atoms with Crippen LogP contribution in [0, 0.1) is 0 Å². The second-order valence-corrected chi connectivity index (χ2v) is 5.52. The fourth-order valence-electron chi connectivity index (χ4n) is 2.11. The topological polar surface area (TPSA) is 138 Å². The van der Waals surface area contributed by atoms with Crippen molar-refractivity contribution in [2.24, 2.45) is 5.73 Å². The van der Waals surface area contributed by atoms with Gasteiger partial charge in [-0.1, -0.05) is 24.3 Å². The lowest BCUT2D eigenvalue weighted by Gasteiger charge is -2.15. The number of hydrazine groups is 1. The van der Waals surface area contributed by atoms with Crippen molar-refractivity contribution in [3.8, 4) is 0 Å². The zero-order chi connectivity index (χ0) is 17.8. The Kier molecular flexibility index (Phi) is 4.91. The maximum atomic E-state index is 11.5. The van der Waals surface area contributed by atoms with Crippen molar-refractivity contribution in [2.45, 2.75) is 13.1 Å². The summed E-state index contributed by atoms with van der Waals surface area (Å²) in [5.41, 5.74) is 10.2. The van der Waals surface area contributed by atoms with Gasteiger partial charge < -0.3 is 11.1 Å². The summed E-state index contributed by atoms with van der Waals surface area (Å²) in [6.07, 6.45) is 0. The molecule has 1 fully saturated rings. The van der Waals surface area contributed by atoms with Gasteiger partial charge in [-0.3, -0.25) is 15.5 Å². The third-order valence-electron chi connectivity index (χ3n) is 3.35. The number of benzene rings is 1. The summed E-state index contributed by atoms with van der Waals surface area (Å²) in [7, 11) is 0. The maximum Gasteiger partial charge on any atom is 0.343 e. The first-order valence-corrected chi connectivity index (χ1v) is 7.72. The minimum Gasteiger partial charge on any atom is -0.350 e. The SMILES string of the molecule is NCc1ccc(CNc2nc(Cl)nc(NN3CC(=O)NC3=O)n2)cc1. The van der Waals surface area contributed by atoms with Crippen LogP contribution in [0.4, 0.5) is 16.7 Å². The molecule has 5 N–H and O–H groups in total. The number of carbonyl (C=O) groups is 2. The van der Waals surface area contributed by atoms with Crippen LogP contribution >= 0.6 is 11.6 Å². The van der Waals surface area contributed by atoms with Gasteiger partial charge in [-0.25, -0.2) is 9.80 Å². The molecule has 130 valence electrons. The lowest BCUT2D eigenvalue weighted by Crippen LogP contribution is -2.34. The zero-order valence-corrected chi connectivity index (χ0v) is 13.7. The molecule has 0 bridgehead atoms. The van der Waals surface area contributed by atoms with E-state index in [0.29, 0.717) is 13.1 Å². The summed E-state index contributed by atoms with van der Waals surface area (Å²) in [6, 6.07) is 7.17. The summed E-state index contributed by atoms with van der Waals surface area (Å²) in [4.78, 5) is 34.7. The third-order valence-corrected chi connectivity index (χ3v) is 3.51. The number of amides is 3. The Morgan fingerprint density at radius 2 is 1.80 bits per heavy atom. The molecule has 0 aliphatic carbocycles. The number of nitrogens with one attached hydrogen (secondary N) is 3. The van der Waals surface area contributed by atoms with Crippen molar-refractivity contribution in [3.05, 3.63) is 40.7 Å². The molecule has 10 nitrogen and oxygen atoms in total. The summed E-state index contributed by atoms with van der Waals surface area (Å²) >= 11 is 5.88. The van der Waals surface area contributed by atoms with Crippen LogP contribution in [0.1, 0.15) is 11.1 Å². The molecule has 2 aromatic rings. The molecule has 1 aliphatic rings. The fraction of sp³-hybridized carbons (Fsp3) is 0.214. The van der Waals surface area contributed by atoms with Crippen molar-refractivity contribution >= 4 is 35.4 Å². The molecule has 1 aliphatic heterocycles. The quantitative estimate of drug-likeness (QED) is 0.544. The third kappa shape index (κ3) is 4.31. The minimum atomic E-state index is -0.587. The standard InChI is InChI=1S/C14H15ClN8O2/c15-11-19-12(17-6-9-3-1-8(5-16)2-4-9)21-13(20-11)22-23-7-10(24)18-14(23)25/h1-4H,5-7,16H2,(H,18,24,25)(H2,17,19,20,21,22). The van der Waals surface area contributed by atoms with E-state index in [1.165, 1.54) is 0 Å². The molecule has 1 saturated heterocycles. The average molecular weight is 363 g/mol. The molecule has 0 saturated carbocycles. The highest BCUT2D eigenvalue weighted by Crippen LogP contribution is 2.13. The van der Waals surface area contributed by atoms with Gasteiger partial charge in [0.2, 0.25) is 23.1 Å². The monoisotopic (exact) mass is 362 g/mol. The van der Waals surface area contributed by atoms with E-state index < -0.39 is 11.9 Å². The molecule has 3 rings (SSSR count). The number of nitrogens with two attached hydrogens (primary N) is 1. The highest BCUT2D eigenvalue weighted by Gasteiger charge is 2.27. The van der Waals surface area contributed by atoms with Crippen molar-refractivity contribution in [1.29, 1.82) is 0 Å². The van der Waals surface area contributed by atoms with E-state index in [4.69, 9.17) is 17.3 Å². The van der Waals surface area contributed by atoms with E-state index in [2.05, 4.69) is 31.0 Å². The second kappa shape index (κ2) is 7.28. The average Bonchev–Trinajstić information content (AvgIpc) is 2.90. The molecule has 2 heterocycles. The van der Waals surface area contributed by atoms with Gasteiger partial charge in [0.1, 0.15) is 6.54 Å². The summed E-state index contributed by atoms with van der Waals surface area (Å²) in [5, 5.41) is 6.14. The lowest BCUT2D eigenvalue weighted by atomic mass is 10.1. The normalized spacial score (nSPS) is 13.8. The fourth-order valence-corrected chi connectivity index (χ4v) is 2.27. The van der Waals surface area contributed by atoms with E-state index >= 15 is 0 Å². The molecule has 0 unspecified atom stereocenters. The molecule has 0 radical (unpaired) electrons. The Hall–Kier alpha value is -2.98. The Morgan fingerprint density at radius 3 is 2.44 bits per heavy atom. The van der Waals surface area contributed by atoms with Gasteiger partial charge in [0.05, 0.1) is 0 Å². The number of hydrogen-bond acceptors (Lipinski definition) is 8. The molecule has 0 atom stereocenters. The Balaban J connectivity index is 1.66. The van der Waals surface area contributed by atoms with Crippen LogP contribution in [0.5, 0.6) is 0 Å². The van der Waals surface area contributed by atoms with Gasteiger partial charge in [-0.05, 0) is 22.7 Å². The molecule has 3 amide bonds. The van der Waals surface area contributed by atoms with Crippen LogP contribution in [-0.4, -0.2) is 38.4 Å². The predicted octanol–water partition coefficient (Wildman–Crippen LogP) is 0.474. The van der Waals surface area contributed by atoms with Gasteiger partial charge in [0.15, 0.2) is 0 Å². The van der Waals surface area contributed by atoms with Crippen molar-refractivity contribution in [2.75, 3.05) is 17.3 Å². The molecule has 25 heavy (non-hydrogen) atoms. The van der Waals surface area contributed by atoms with Gasteiger partial charge in [0.25, 0.3) is 0 Å². The predicted molar refractivity (Wildman–Crippen MR) is 90.4 cm³/mol. The van der Waals surface area contributed by atoms with Gasteiger partial charge >= 0.3 is 6.03 Å². The van der Waals surface area contributed by atoms with Crippen LogP contribution in [-0.2, 0) is 17.9 Å². The number of urea groups is 1. The number of carbonyl (C=O) groups excluding carboxylic acids is 2. The number of imide groups is 1. The van der Waals surface area contributed by atoms with E-state index in [9.17, 15) is 9.59 Å². The van der Waals surface area contributed by atoms with E-state index in [1.54, 1.807) is 0 Å². The Bertz CT molecular complexity index is 798. The first-order chi connectivity index (χ1) is 12.0. The van der Waals surface area contributed by atoms with E-state index in [1.807, 2.05) is 24.3 Å². The molecule has 11 heteroatoms. The summed E-state index contributed by atoms with van der Waals surface area (Å²) in [5.74, 6) is -0.140. The first-order valence-electron chi connectivity index (χ1n) is 7.35. The van der Waals surface area contributed by atoms with Crippen molar-refractivity contribution < 1.29 is 9.59 Å². The highest BCUT2D eigenvalue weighted by molar-refractivity contribution is 6.28. The number of aromatic nitrogens is 3. The number of anilines is 2. The van der Waals surface area contributed by atoms with Gasteiger partial charge in [-0.15, -0.1) is 0 Å². The van der Waals surface area contributed by atoms with Crippen LogP contribution in [0.3, 0.4) is 0 Å². The lowest BCUT2D eigenvalue weighted by molar-refractivity contribution is -0.118. The van der Waals surface area contributed by atoms with Crippen LogP contribution in [0.25, 0.3) is 0 Å². The summed E-state index contributed by atoms with van der Waals surface area (Å²) in [6.45, 7) is 0.810. The van der Waals surface area contributed by atoms with Gasteiger partial charge in [0, 0.05) is 13.1 Å². The van der Waals surface area contributed by atoms with Crippen LogP contribution in [0.2, 0.25) is 5.28 Å². The van der Waals surface area contributed by atoms with Crippen molar-refractivity contribution in [3.63, 3.8) is 0 Å².